The van der Waals surface area contributed by atoms with E-state index in [4.69, 9.17) is 4.74 Å². The summed E-state index contributed by atoms with van der Waals surface area (Å²) in [7, 11) is 1.57. The molecule has 0 fully saturated rings. The van der Waals surface area contributed by atoms with Gasteiger partial charge in [0.05, 0.1) is 17.4 Å². The first-order valence-electron chi connectivity index (χ1n) is 8.94. The molecule has 0 atom stereocenters. The van der Waals surface area contributed by atoms with E-state index in [-0.39, 0.29) is 12.5 Å². The van der Waals surface area contributed by atoms with E-state index < -0.39 is 0 Å². The first kappa shape index (κ1) is 18.2. The maximum atomic E-state index is 11.2. The van der Waals surface area contributed by atoms with Crippen molar-refractivity contribution in [2.45, 2.75) is 0 Å². The Morgan fingerprint density at radius 3 is 2.79 bits per heavy atom. The predicted octanol–water partition coefficient (Wildman–Crippen LogP) is 2.96. The molecule has 29 heavy (non-hydrogen) atoms. The van der Waals surface area contributed by atoms with E-state index in [0.29, 0.717) is 17.5 Å². The lowest BCUT2D eigenvalue weighted by molar-refractivity contribution is -0.122. The summed E-state index contributed by atoms with van der Waals surface area (Å²) in [5.74, 6) is 1.52. The highest BCUT2D eigenvalue weighted by atomic mass is 16.5. The number of ether oxygens (including phenoxy) is 1. The molecule has 4 rings (SSSR count). The lowest BCUT2D eigenvalue weighted by Gasteiger charge is -2.10. The second-order valence-electron chi connectivity index (χ2n) is 6.14. The molecule has 2 heterocycles. The Balaban J connectivity index is 1.44. The van der Waals surface area contributed by atoms with Gasteiger partial charge in [-0.2, -0.15) is 10.1 Å². The summed E-state index contributed by atoms with van der Waals surface area (Å²) in [6.45, 7) is -0.0243. The van der Waals surface area contributed by atoms with Gasteiger partial charge in [-0.3, -0.25) is 9.89 Å². The maximum Gasteiger partial charge on any atom is 0.257 e. The number of benzene rings is 2. The quantitative estimate of drug-likeness (QED) is 0.384. The van der Waals surface area contributed by atoms with Crippen LogP contribution < -0.4 is 20.7 Å². The summed E-state index contributed by atoms with van der Waals surface area (Å²) in [6, 6.07) is 14.9. The van der Waals surface area contributed by atoms with E-state index in [1.165, 1.54) is 0 Å². The standard InChI is InChI=1S/C20H19N7O2/c1-21-19(28)12-29-14-7-5-13(6-8-14)24-20-22-10-9-18(26-20)25-16-3-2-4-17-15(16)11-23-27-17/h2-11H,12H2,1H3,(H,21,28)(H,23,27)(H2,22,24,25,26). The molecule has 4 aromatic rings. The average Bonchev–Trinajstić information content (AvgIpc) is 3.23. The number of nitrogens with zero attached hydrogens (tertiary/aromatic N) is 3. The van der Waals surface area contributed by atoms with Gasteiger partial charge in [0.1, 0.15) is 11.6 Å². The first-order valence-corrected chi connectivity index (χ1v) is 8.94. The van der Waals surface area contributed by atoms with E-state index in [0.717, 1.165) is 22.3 Å². The fourth-order valence-corrected chi connectivity index (χ4v) is 2.69. The van der Waals surface area contributed by atoms with Gasteiger partial charge in [-0.1, -0.05) is 6.07 Å². The monoisotopic (exact) mass is 389 g/mol. The Bertz CT molecular complexity index is 1130. The Morgan fingerprint density at radius 2 is 1.97 bits per heavy atom. The van der Waals surface area contributed by atoms with Crippen molar-refractivity contribution in [2.24, 2.45) is 0 Å². The molecule has 0 unspecified atom stereocenters. The van der Waals surface area contributed by atoms with Crippen molar-refractivity contribution in [3.05, 3.63) is 60.9 Å². The van der Waals surface area contributed by atoms with Crippen LogP contribution in [0.3, 0.4) is 0 Å². The highest BCUT2D eigenvalue weighted by molar-refractivity contribution is 5.92. The number of hydrogen-bond donors (Lipinski definition) is 4. The molecule has 2 aromatic heterocycles. The van der Waals surface area contributed by atoms with Gasteiger partial charge in [-0.25, -0.2) is 4.98 Å². The molecule has 0 aliphatic rings. The van der Waals surface area contributed by atoms with Gasteiger partial charge in [0.2, 0.25) is 5.95 Å². The highest BCUT2D eigenvalue weighted by Crippen LogP contribution is 2.25. The van der Waals surface area contributed by atoms with Crippen molar-refractivity contribution in [1.29, 1.82) is 0 Å². The number of nitrogens with one attached hydrogen (secondary N) is 4. The number of anilines is 4. The van der Waals surface area contributed by atoms with Crippen molar-refractivity contribution in [2.75, 3.05) is 24.3 Å². The Hall–Kier alpha value is -4.14. The van der Waals surface area contributed by atoms with E-state index in [1.54, 1.807) is 37.6 Å². The highest BCUT2D eigenvalue weighted by Gasteiger charge is 2.06. The van der Waals surface area contributed by atoms with Crippen molar-refractivity contribution >= 4 is 40.0 Å². The number of carbonyl (C=O) groups is 1. The van der Waals surface area contributed by atoms with E-state index >= 15 is 0 Å². The van der Waals surface area contributed by atoms with E-state index in [2.05, 4.69) is 36.1 Å². The SMILES string of the molecule is CNC(=O)COc1ccc(Nc2nccc(Nc3cccc4[nH]ncc34)n2)cc1. The molecule has 0 spiro atoms. The Kier molecular flexibility index (Phi) is 5.19. The molecule has 2 aromatic carbocycles. The summed E-state index contributed by atoms with van der Waals surface area (Å²) in [4.78, 5) is 20.0. The van der Waals surface area contributed by atoms with Crippen LogP contribution in [0.25, 0.3) is 10.9 Å². The molecule has 0 aliphatic carbocycles. The fourth-order valence-electron chi connectivity index (χ4n) is 2.69. The van der Waals surface area contributed by atoms with Gasteiger partial charge in [-0.05, 0) is 42.5 Å². The molecular weight excluding hydrogens is 370 g/mol. The minimum Gasteiger partial charge on any atom is -0.484 e. The van der Waals surface area contributed by atoms with Crippen molar-refractivity contribution in [1.82, 2.24) is 25.5 Å². The van der Waals surface area contributed by atoms with Crippen LogP contribution in [0.2, 0.25) is 0 Å². The normalized spacial score (nSPS) is 10.5. The van der Waals surface area contributed by atoms with Gasteiger partial charge >= 0.3 is 0 Å². The molecule has 0 saturated heterocycles. The zero-order chi connectivity index (χ0) is 20.1. The molecule has 0 aliphatic heterocycles. The predicted molar refractivity (Wildman–Crippen MR) is 111 cm³/mol. The summed E-state index contributed by atoms with van der Waals surface area (Å²) in [6.07, 6.45) is 3.44. The van der Waals surface area contributed by atoms with Crippen molar-refractivity contribution in [3.63, 3.8) is 0 Å². The molecular formula is C20H19N7O2. The van der Waals surface area contributed by atoms with Gasteiger partial charge < -0.3 is 20.7 Å². The second kappa shape index (κ2) is 8.26. The fraction of sp³-hybridized carbons (Fsp3) is 0.100. The lowest BCUT2D eigenvalue weighted by Crippen LogP contribution is -2.24. The number of H-pyrrole nitrogens is 1. The van der Waals surface area contributed by atoms with Crippen LogP contribution in [0, 0.1) is 0 Å². The van der Waals surface area contributed by atoms with Gasteiger partial charge in [-0.15, -0.1) is 0 Å². The Morgan fingerprint density at radius 1 is 1.10 bits per heavy atom. The minimum absolute atomic E-state index is 0.0243. The molecule has 0 saturated carbocycles. The number of carbonyl (C=O) groups excluding carboxylic acids is 1. The van der Waals surface area contributed by atoms with Gasteiger partial charge in [0.25, 0.3) is 5.91 Å². The summed E-state index contributed by atoms with van der Waals surface area (Å²) >= 11 is 0. The molecule has 146 valence electrons. The van der Waals surface area contributed by atoms with Crippen LogP contribution in [0.1, 0.15) is 0 Å². The minimum atomic E-state index is -0.184. The van der Waals surface area contributed by atoms with Crippen LogP contribution in [0.15, 0.2) is 60.9 Å². The third-order valence-corrected chi connectivity index (χ3v) is 4.16. The number of likely N-dealkylation sites (N-methyl/N-ethyl adjacent to an activating group) is 1. The summed E-state index contributed by atoms with van der Waals surface area (Å²) in [5, 5.41) is 16.9. The molecule has 1 amide bonds. The number of amides is 1. The van der Waals surface area contributed by atoms with Crippen molar-refractivity contribution in [3.8, 4) is 5.75 Å². The summed E-state index contributed by atoms with van der Waals surface area (Å²) < 4.78 is 5.39. The topological polar surface area (TPSA) is 117 Å². The number of hydrogen-bond acceptors (Lipinski definition) is 7. The number of aromatic amines is 1. The number of fused-ring (bicyclic) bond motifs is 1. The third-order valence-electron chi connectivity index (χ3n) is 4.16. The Labute approximate surface area is 166 Å². The van der Waals surface area contributed by atoms with Crippen LogP contribution in [-0.2, 0) is 4.79 Å². The smallest absolute Gasteiger partial charge is 0.257 e. The third kappa shape index (κ3) is 4.41. The van der Waals surface area contributed by atoms with Crippen LogP contribution in [0.4, 0.5) is 23.1 Å². The van der Waals surface area contributed by atoms with Gasteiger partial charge in [0, 0.05) is 24.3 Å². The van der Waals surface area contributed by atoms with Crippen LogP contribution in [-0.4, -0.2) is 39.7 Å². The van der Waals surface area contributed by atoms with E-state index in [1.807, 2.05) is 30.3 Å². The van der Waals surface area contributed by atoms with Crippen LogP contribution in [0.5, 0.6) is 5.75 Å². The first-order chi connectivity index (χ1) is 14.2. The zero-order valence-corrected chi connectivity index (χ0v) is 15.6. The molecule has 9 nitrogen and oxygen atoms in total. The second-order valence-corrected chi connectivity index (χ2v) is 6.14. The molecule has 0 bridgehead atoms. The maximum absolute atomic E-state index is 11.2. The summed E-state index contributed by atoms with van der Waals surface area (Å²) in [5.41, 5.74) is 2.64. The van der Waals surface area contributed by atoms with E-state index in [9.17, 15) is 4.79 Å². The number of rotatable bonds is 7. The molecule has 4 N–H and O–H groups in total. The average molecular weight is 389 g/mol. The lowest BCUT2D eigenvalue weighted by atomic mass is 10.2. The van der Waals surface area contributed by atoms with Crippen LogP contribution >= 0.6 is 0 Å². The zero-order valence-electron chi connectivity index (χ0n) is 15.6. The largest absolute Gasteiger partial charge is 0.484 e. The number of aromatic nitrogens is 4. The molecule has 0 radical (unpaired) electrons. The van der Waals surface area contributed by atoms with Gasteiger partial charge in [0.15, 0.2) is 6.61 Å². The molecule has 9 heteroatoms. The van der Waals surface area contributed by atoms with Crippen molar-refractivity contribution < 1.29 is 9.53 Å².